The van der Waals surface area contributed by atoms with Crippen LogP contribution in [-0.2, 0) is 0 Å². The third-order valence-electron chi connectivity index (χ3n) is 4.63. The summed E-state index contributed by atoms with van der Waals surface area (Å²) in [5.41, 5.74) is 9.56. The van der Waals surface area contributed by atoms with E-state index in [1.807, 2.05) is 12.2 Å². The molecule has 0 saturated carbocycles. The molecule has 3 rings (SSSR count). The molecule has 3 aromatic carbocycles. The molecule has 0 fully saturated rings. The third kappa shape index (κ3) is 3.75. The number of allylic oxidation sites excluding steroid dienone is 2. The molecule has 0 nitrogen and oxygen atoms in total. The van der Waals surface area contributed by atoms with E-state index in [0.717, 1.165) is 23.1 Å². The molecule has 0 heterocycles. The summed E-state index contributed by atoms with van der Waals surface area (Å²) in [4.78, 5) is 0. The van der Waals surface area contributed by atoms with Crippen LogP contribution < -0.4 is 0 Å². The summed E-state index contributed by atoms with van der Waals surface area (Å²) in [6.45, 7) is 13.9. The van der Waals surface area contributed by atoms with Gasteiger partial charge in [-0.3, -0.25) is 0 Å². The molecule has 0 N–H and O–H groups in total. The van der Waals surface area contributed by atoms with Crippen LogP contribution in [-0.4, -0.2) is 0 Å². The highest BCUT2D eigenvalue weighted by molar-refractivity contribution is 5.84. The molecule has 0 unspecified atom stereocenters. The van der Waals surface area contributed by atoms with Gasteiger partial charge in [-0.2, -0.15) is 0 Å². The summed E-state index contributed by atoms with van der Waals surface area (Å²) in [7, 11) is 0. The molecule has 0 aliphatic carbocycles. The second-order valence-corrected chi connectivity index (χ2v) is 6.55. The zero-order chi connectivity index (χ0) is 18.5. The third-order valence-corrected chi connectivity index (χ3v) is 4.63. The first-order valence-electron chi connectivity index (χ1n) is 8.85. The second-order valence-electron chi connectivity index (χ2n) is 6.55. The Hall–Kier alpha value is -3.12. The van der Waals surface area contributed by atoms with Crippen LogP contribution in [0.25, 0.3) is 33.9 Å². The van der Waals surface area contributed by atoms with Gasteiger partial charge in [0.1, 0.15) is 0 Å². The van der Waals surface area contributed by atoms with Gasteiger partial charge < -0.3 is 0 Å². The van der Waals surface area contributed by atoms with Crippen molar-refractivity contribution in [1.29, 1.82) is 0 Å². The normalized spacial score (nSPS) is 10.3. The van der Waals surface area contributed by atoms with Crippen molar-refractivity contribution in [3.63, 3.8) is 0 Å². The molecule has 0 saturated heterocycles. The van der Waals surface area contributed by atoms with Crippen LogP contribution in [0.3, 0.4) is 0 Å². The van der Waals surface area contributed by atoms with Gasteiger partial charge in [0.15, 0.2) is 0 Å². The van der Waals surface area contributed by atoms with Gasteiger partial charge in [0, 0.05) is 0 Å². The van der Waals surface area contributed by atoms with Crippen molar-refractivity contribution in [3.05, 3.63) is 109 Å². The minimum Gasteiger partial charge on any atom is -0.103 e. The SMILES string of the molecule is C=CCC(=C)c1ccc(-c2ccc(C)cc2-c2ccc(C=C)cc2)cc1. The molecule has 3 aromatic rings. The molecular formula is C26H24. The monoisotopic (exact) mass is 336 g/mol. The van der Waals surface area contributed by atoms with Crippen molar-refractivity contribution < 1.29 is 0 Å². The average molecular weight is 336 g/mol. The van der Waals surface area contributed by atoms with Gasteiger partial charge in [0.2, 0.25) is 0 Å². The number of hydrogen-bond donors (Lipinski definition) is 0. The Bertz CT molecular complexity index is 938. The van der Waals surface area contributed by atoms with E-state index in [4.69, 9.17) is 0 Å². The lowest BCUT2D eigenvalue weighted by atomic mass is 9.91. The van der Waals surface area contributed by atoms with E-state index in [1.165, 1.54) is 27.8 Å². The molecule has 0 spiro atoms. The van der Waals surface area contributed by atoms with Crippen LogP contribution in [0.1, 0.15) is 23.1 Å². The first-order chi connectivity index (χ1) is 12.6. The smallest absolute Gasteiger partial charge is 0.0100 e. The Morgan fingerprint density at radius 2 is 1.42 bits per heavy atom. The van der Waals surface area contributed by atoms with E-state index in [2.05, 4.69) is 93.4 Å². The van der Waals surface area contributed by atoms with Gasteiger partial charge in [0.05, 0.1) is 0 Å². The predicted molar refractivity (Wildman–Crippen MR) is 116 cm³/mol. The zero-order valence-electron chi connectivity index (χ0n) is 15.3. The fraction of sp³-hybridized carbons (Fsp3) is 0.0769. The van der Waals surface area contributed by atoms with Crippen molar-refractivity contribution in [1.82, 2.24) is 0 Å². The highest BCUT2D eigenvalue weighted by atomic mass is 14.1. The molecule has 0 radical (unpaired) electrons. The molecular weight excluding hydrogens is 312 g/mol. The van der Waals surface area contributed by atoms with Gasteiger partial charge in [-0.1, -0.05) is 97.6 Å². The first-order valence-corrected chi connectivity index (χ1v) is 8.85. The molecule has 0 aromatic heterocycles. The minimum absolute atomic E-state index is 0.810. The van der Waals surface area contributed by atoms with Gasteiger partial charge in [-0.05, 0) is 52.3 Å². The van der Waals surface area contributed by atoms with E-state index in [9.17, 15) is 0 Å². The molecule has 26 heavy (non-hydrogen) atoms. The van der Waals surface area contributed by atoms with E-state index >= 15 is 0 Å². The van der Waals surface area contributed by atoms with Crippen molar-refractivity contribution in [2.45, 2.75) is 13.3 Å². The van der Waals surface area contributed by atoms with Crippen molar-refractivity contribution in [2.24, 2.45) is 0 Å². The van der Waals surface area contributed by atoms with Crippen LogP contribution in [0.4, 0.5) is 0 Å². The standard InChI is InChI=1S/C26H24/c1-5-7-20(4)22-13-15-23(16-14-22)25-17-8-19(3)18-26(25)24-11-9-21(6-2)10-12-24/h5-6,8-18H,1-2,4,7H2,3H3. The lowest BCUT2D eigenvalue weighted by molar-refractivity contribution is 1.41. The van der Waals surface area contributed by atoms with Crippen LogP contribution in [0.2, 0.25) is 0 Å². The fourth-order valence-electron chi connectivity index (χ4n) is 3.12. The molecule has 0 heteroatoms. The zero-order valence-corrected chi connectivity index (χ0v) is 15.3. The van der Waals surface area contributed by atoms with Crippen LogP contribution >= 0.6 is 0 Å². The Morgan fingerprint density at radius 3 is 2.04 bits per heavy atom. The molecule has 0 aliphatic rings. The summed E-state index contributed by atoms with van der Waals surface area (Å²) in [6, 6.07) is 23.8. The van der Waals surface area contributed by atoms with Gasteiger partial charge in [0.25, 0.3) is 0 Å². The quantitative estimate of drug-likeness (QED) is 0.407. The van der Waals surface area contributed by atoms with Gasteiger partial charge >= 0.3 is 0 Å². The lowest BCUT2D eigenvalue weighted by Crippen LogP contribution is -1.88. The Balaban J connectivity index is 2.03. The first kappa shape index (κ1) is 17.7. The largest absolute Gasteiger partial charge is 0.103 e. The summed E-state index contributed by atoms with van der Waals surface area (Å²) in [5, 5.41) is 0. The van der Waals surface area contributed by atoms with Gasteiger partial charge in [-0.25, -0.2) is 0 Å². The van der Waals surface area contributed by atoms with E-state index in [0.29, 0.717) is 0 Å². The minimum atomic E-state index is 0.810. The highest BCUT2D eigenvalue weighted by Crippen LogP contribution is 2.34. The van der Waals surface area contributed by atoms with E-state index in [1.54, 1.807) is 0 Å². The van der Waals surface area contributed by atoms with Crippen LogP contribution in [0, 0.1) is 6.92 Å². The average Bonchev–Trinajstić information content (AvgIpc) is 2.68. The molecule has 0 aliphatic heterocycles. The van der Waals surface area contributed by atoms with Crippen molar-refractivity contribution >= 4 is 11.6 Å². The summed E-state index contributed by atoms with van der Waals surface area (Å²) >= 11 is 0. The van der Waals surface area contributed by atoms with Crippen LogP contribution in [0.15, 0.2) is 92.5 Å². The van der Waals surface area contributed by atoms with E-state index in [-0.39, 0.29) is 0 Å². The molecule has 0 amide bonds. The van der Waals surface area contributed by atoms with Crippen molar-refractivity contribution in [2.75, 3.05) is 0 Å². The summed E-state index contributed by atoms with van der Waals surface area (Å²) in [6.07, 6.45) is 4.57. The molecule has 0 atom stereocenters. The summed E-state index contributed by atoms with van der Waals surface area (Å²) in [5.74, 6) is 0. The maximum atomic E-state index is 4.13. The number of benzene rings is 3. The maximum absolute atomic E-state index is 4.13. The highest BCUT2D eigenvalue weighted by Gasteiger charge is 2.08. The second kappa shape index (κ2) is 7.84. The van der Waals surface area contributed by atoms with Gasteiger partial charge in [-0.15, -0.1) is 6.58 Å². The number of rotatable bonds is 6. The molecule has 128 valence electrons. The lowest BCUT2D eigenvalue weighted by Gasteiger charge is -2.13. The maximum Gasteiger partial charge on any atom is -0.0100 e. The fourth-order valence-corrected chi connectivity index (χ4v) is 3.12. The Labute approximate surface area is 156 Å². The summed E-state index contributed by atoms with van der Waals surface area (Å²) < 4.78 is 0. The Morgan fingerprint density at radius 1 is 0.808 bits per heavy atom. The topological polar surface area (TPSA) is 0 Å². The Kier molecular flexibility index (Phi) is 5.34. The predicted octanol–water partition coefficient (Wildman–Crippen LogP) is 7.56. The number of hydrogen-bond acceptors (Lipinski definition) is 0. The van der Waals surface area contributed by atoms with Crippen LogP contribution in [0.5, 0.6) is 0 Å². The molecule has 0 bridgehead atoms. The number of aryl methyl sites for hydroxylation is 1. The van der Waals surface area contributed by atoms with E-state index < -0.39 is 0 Å². The van der Waals surface area contributed by atoms with Crippen molar-refractivity contribution in [3.8, 4) is 22.3 Å².